The van der Waals surface area contributed by atoms with E-state index in [0.29, 0.717) is 0 Å². The predicted molar refractivity (Wildman–Crippen MR) is 101 cm³/mol. The molecule has 3 heteroatoms. The third-order valence-corrected chi connectivity index (χ3v) is 4.22. The summed E-state index contributed by atoms with van der Waals surface area (Å²) in [6.07, 6.45) is 0. The summed E-state index contributed by atoms with van der Waals surface area (Å²) in [5.41, 5.74) is 5.68. The number of hydrogen-bond acceptors (Lipinski definition) is 2. The molecule has 1 N–H and O–H groups in total. The molecule has 0 atom stereocenters. The van der Waals surface area contributed by atoms with Crippen LogP contribution in [0.4, 0.5) is 0 Å². The van der Waals surface area contributed by atoms with Gasteiger partial charge in [-0.25, -0.2) is 4.68 Å². The van der Waals surface area contributed by atoms with Gasteiger partial charge in [0.2, 0.25) is 5.88 Å². The number of para-hydroxylation sites is 1. The number of aromatic hydroxyl groups is 1. The molecule has 1 aromatic heterocycles. The van der Waals surface area contributed by atoms with Gasteiger partial charge in [0.05, 0.1) is 16.9 Å². The smallest absolute Gasteiger partial charge is 0.239 e. The molecule has 4 rings (SSSR count). The Morgan fingerprint density at radius 3 is 2.08 bits per heavy atom. The Bertz CT molecular complexity index is 1000. The zero-order valence-electron chi connectivity index (χ0n) is 13.9. The summed E-state index contributed by atoms with van der Waals surface area (Å²) in [5.74, 6) is 0.0339. The maximum Gasteiger partial charge on any atom is 0.239 e. The zero-order valence-corrected chi connectivity index (χ0v) is 13.9. The number of aromatic nitrogens is 2. The fourth-order valence-corrected chi connectivity index (χ4v) is 3.09. The summed E-state index contributed by atoms with van der Waals surface area (Å²) in [5, 5.41) is 15.1. The monoisotopic (exact) mass is 326 g/mol. The van der Waals surface area contributed by atoms with E-state index in [9.17, 15) is 5.11 Å². The van der Waals surface area contributed by atoms with Gasteiger partial charge in [-0.05, 0) is 30.7 Å². The van der Waals surface area contributed by atoms with E-state index in [-0.39, 0.29) is 5.88 Å². The summed E-state index contributed by atoms with van der Waals surface area (Å²) in [7, 11) is 0. The van der Waals surface area contributed by atoms with Gasteiger partial charge in [-0.3, -0.25) is 0 Å². The van der Waals surface area contributed by atoms with Crippen LogP contribution in [0.25, 0.3) is 28.1 Å². The summed E-state index contributed by atoms with van der Waals surface area (Å²) in [6, 6.07) is 28.0. The quantitative estimate of drug-likeness (QED) is 0.560. The largest absolute Gasteiger partial charge is 0.492 e. The van der Waals surface area contributed by atoms with Crippen molar-refractivity contribution < 1.29 is 5.11 Å². The summed E-state index contributed by atoms with van der Waals surface area (Å²) in [6.45, 7) is 2.06. The van der Waals surface area contributed by atoms with Crippen LogP contribution in [0.5, 0.6) is 5.88 Å². The Hall–Kier alpha value is -3.33. The molecule has 0 amide bonds. The summed E-state index contributed by atoms with van der Waals surface area (Å²) in [4.78, 5) is 0. The highest BCUT2D eigenvalue weighted by molar-refractivity contribution is 5.85. The van der Waals surface area contributed by atoms with Crippen LogP contribution in [0.1, 0.15) is 5.56 Å². The standard InChI is InChI=1S/C22H18N2O/c1-16-9-8-12-18(15-16)21-20(17-10-4-2-5-11-17)22(25)23-24(21)19-13-6-3-7-14-19/h2-15H,1H3,(H,23,25). The molecular weight excluding hydrogens is 308 g/mol. The van der Waals surface area contributed by atoms with Gasteiger partial charge in [0, 0.05) is 5.56 Å². The first-order chi connectivity index (χ1) is 12.2. The average Bonchev–Trinajstić information content (AvgIpc) is 3.00. The van der Waals surface area contributed by atoms with E-state index < -0.39 is 0 Å². The molecule has 0 aliphatic heterocycles. The molecule has 25 heavy (non-hydrogen) atoms. The lowest BCUT2D eigenvalue weighted by atomic mass is 10.00. The Balaban J connectivity index is 2.04. The van der Waals surface area contributed by atoms with Crippen molar-refractivity contribution in [3.05, 3.63) is 90.5 Å². The minimum absolute atomic E-state index is 0.0339. The SMILES string of the molecule is Cc1cccc(-c2c(-c3ccccc3)c(O)nn2-c2ccccc2)c1. The van der Waals surface area contributed by atoms with Crippen LogP contribution in [0.15, 0.2) is 84.9 Å². The van der Waals surface area contributed by atoms with Crippen LogP contribution < -0.4 is 0 Å². The number of aryl methyl sites for hydroxylation is 1. The third-order valence-electron chi connectivity index (χ3n) is 4.22. The Morgan fingerprint density at radius 2 is 1.40 bits per heavy atom. The maximum atomic E-state index is 10.6. The molecular formula is C22H18N2O. The first-order valence-electron chi connectivity index (χ1n) is 8.24. The van der Waals surface area contributed by atoms with Crippen molar-refractivity contribution in [1.29, 1.82) is 0 Å². The molecule has 0 radical (unpaired) electrons. The second-order valence-corrected chi connectivity index (χ2v) is 6.03. The van der Waals surface area contributed by atoms with Crippen molar-refractivity contribution in [3.8, 4) is 34.0 Å². The Kier molecular flexibility index (Phi) is 3.82. The van der Waals surface area contributed by atoms with E-state index in [1.165, 1.54) is 0 Å². The number of nitrogens with zero attached hydrogens (tertiary/aromatic N) is 2. The molecule has 0 saturated heterocycles. The minimum atomic E-state index is 0.0339. The Morgan fingerprint density at radius 1 is 0.760 bits per heavy atom. The predicted octanol–water partition coefficient (Wildman–Crippen LogP) is 5.22. The molecule has 0 unspecified atom stereocenters. The molecule has 3 aromatic carbocycles. The van der Waals surface area contributed by atoms with Crippen molar-refractivity contribution in [3.63, 3.8) is 0 Å². The first-order valence-corrected chi connectivity index (χ1v) is 8.24. The highest BCUT2D eigenvalue weighted by Crippen LogP contribution is 2.40. The summed E-state index contributed by atoms with van der Waals surface area (Å²) >= 11 is 0. The maximum absolute atomic E-state index is 10.6. The molecule has 0 saturated carbocycles. The van der Waals surface area contributed by atoms with Gasteiger partial charge in [-0.2, -0.15) is 0 Å². The van der Waals surface area contributed by atoms with Crippen LogP contribution >= 0.6 is 0 Å². The van der Waals surface area contributed by atoms with Gasteiger partial charge in [0.15, 0.2) is 0 Å². The summed E-state index contributed by atoms with van der Waals surface area (Å²) < 4.78 is 1.81. The highest BCUT2D eigenvalue weighted by Gasteiger charge is 2.21. The lowest BCUT2D eigenvalue weighted by molar-refractivity contribution is 0.449. The molecule has 0 aliphatic carbocycles. The van der Waals surface area contributed by atoms with Gasteiger partial charge in [0.1, 0.15) is 0 Å². The average molecular weight is 326 g/mol. The third kappa shape index (κ3) is 2.81. The lowest BCUT2D eigenvalue weighted by Gasteiger charge is -2.10. The van der Waals surface area contributed by atoms with E-state index in [1.54, 1.807) is 0 Å². The topological polar surface area (TPSA) is 38.1 Å². The minimum Gasteiger partial charge on any atom is -0.492 e. The van der Waals surface area contributed by atoms with Crippen LogP contribution in [-0.2, 0) is 0 Å². The molecule has 3 nitrogen and oxygen atoms in total. The number of benzene rings is 3. The normalized spacial score (nSPS) is 10.8. The van der Waals surface area contributed by atoms with Crippen molar-refractivity contribution in [2.45, 2.75) is 6.92 Å². The molecule has 0 aliphatic rings. The molecule has 1 heterocycles. The van der Waals surface area contributed by atoms with E-state index >= 15 is 0 Å². The van der Waals surface area contributed by atoms with Gasteiger partial charge < -0.3 is 5.11 Å². The fourth-order valence-electron chi connectivity index (χ4n) is 3.09. The van der Waals surface area contributed by atoms with Crippen LogP contribution in [0.2, 0.25) is 0 Å². The fraction of sp³-hybridized carbons (Fsp3) is 0.0455. The molecule has 122 valence electrons. The molecule has 0 spiro atoms. The van der Waals surface area contributed by atoms with Gasteiger partial charge in [0.25, 0.3) is 0 Å². The zero-order chi connectivity index (χ0) is 17.2. The van der Waals surface area contributed by atoms with E-state index in [4.69, 9.17) is 0 Å². The number of hydrogen-bond donors (Lipinski definition) is 1. The number of rotatable bonds is 3. The van der Waals surface area contributed by atoms with Crippen LogP contribution in [0.3, 0.4) is 0 Å². The van der Waals surface area contributed by atoms with Crippen molar-refractivity contribution in [1.82, 2.24) is 9.78 Å². The molecule has 0 fully saturated rings. The highest BCUT2D eigenvalue weighted by atomic mass is 16.3. The van der Waals surface area contributed by atoms with Gasteiger partial charge in [-0.1, -0.05) is 72.3 Å². The van der Waals surface area contributed by atoms with Crippen LogP contribution in [-0.4, -0.2) is 14.9 Å². The van der Waals surface area contributed by atoms with Gasteiger partial charge >= 0.3 is 0 Å². The Labute approximate surface area is 146 Å². The second kappa shape index (κ2) is 6.29. The van der Waals surface area contributed by atoms with Crippen molar-refractivity contribution >= 4 is 0 Å². The van der Waals surface area contributed by atoms with E-state index in [0.717, 1.165) is 33.6 Å². The van der Waals surface area contributed by atoms with E-state index in [2.05, 4.69) is 30.2 Å². The second-order valence-electron chi connectivity index (χ2n) is 6.03. The van der Waals surface area contributed by atoms with E-state index in [1.807, 2.05) is 71.4 Å². The van der Waals surface area contributed by atoms with Crippen LogP contribution in [0, 0.1) is 6.92 Å². The molecule has 4 aromatic rings. The van der Waals surface area contributed by atoms with Crippen molar-refractivity contribution in [2.75, 3.05) is 0 Å². The first kappa shape index (κ1) is 15.2. The lowest BCUT2D eigenvalue weighted by Crippen LogP contribution is -1.99. The van der Waals surface area contributed by atoms with Crippen molar-refractivity contribution in [2.24, 2.45) is 0 Å². The molecule has 0 bridgehead atoms. The van der Waals surface area contributed by atoms with Gasteiger partial charge in [-0.15, -0.1) is 5.10 Å².